The van der Waals surface area contributed by atoms with Crippen LogP contribution in [0.4, 0.5) is 24.5 Å². The Morgan fingerprint density at radius 3 is 2.59 bits per heavy atom. The SMILES string of the molecule is Cc1cc(NC(=O)Cc2cccc(C(F)(F)F)c2)ccc1N1CCCC1=O. The fourth-order valence-electron chi connectivity index (χ4n) is 3.19. The fraction of sp³-hybridized carbons (Fsp3) is 0.300. The Bertz CT molecular complexity index is 878. The van der Waals surface area contributed by atoms with Gasteiger partial charge in [-0.1, -0.05) is 18.2 Å². The summed E-state index contributed by atoms with van der Waals surface area (Å²) in [4.78, 5) is 25.8. The highest BCUT2D eigenvalue weighted by Crippen LogP contribution is 2.30. The first-order chi connectivity index (χ1) is 12.7. The molecule has 27 heavy (non-hydrogen) atoms. The smallest absolute Gasteiger partial charge is 0.326 e. The minimum atomic E-state index is -4.44. The van der Waals surface area contributed by atoms with Crippen molar-refractivity contribution in [3.63, 3.8) is 0 Å². The molecule has 1 heterocycles. The summed E-state index contributed by atoms with van der Waals surface area (Å²) in [5, 5.41) is 2.69. The molecular formula is C20H19F3N2O2. The average Bonchev–Trinajstić information content (AvgIpc) is 3.00. The average molecular weight is 376 g/mol. The third-order valence-electron chi connectivity index (χ3n) is 4.46. The first kappa shape index (κ1) is 18.9. The lowest BCUT2D eigenvalue weighted by molar-refractivity contribution is -0.137. The molecule has 3 rings (SSSR count). The minimum Gasteiger partial charge on any atom is -0.326 e. The maximum atomic E-state index is 12.8. The number of nitrogens with one attached hydrogen (secondary N) is 1. The maximum absolute atomic E-state index is 12.8. The second-order valence-corrected chi connectivity index (χ2v) is 6.57. The van der Waals surface area contributed by atoms with Crippen molar-refractivity contribution in [3.05, 3.63) is 59.2 Å². The third kappa shape index (κ3) is 4.48. The van der Waals surface area contributed by atoms with E-state index in [0.717, 1.165) is 29.8 Å². The van der Waals surface area contributed by atoms with Gasteiger partial charge in [0, 0.05) is 24.3 Å². The van der Waals surface area contributed by atoms with E-state index in [1.165, 1.54) is 12.1 Å². The van der Waals surface area contributed by atoms with E-state index < -0.39 is 17.6 Å². The number of carbonyl (C=O) groups excluding carboxylic acids is 2. The van der Waals surface area contributed by atoms with Crippen LogP contribution < -0.4 is 10.2 Å². The summed E-state index contributed by atoms with van der Waals surface area (Å²) in [6, 6.07) is 9.96. The Morgan fingerprint density at radius 2 is 1.96 bits per heavy atom. The van der Waals surface area contributed by atoms with Gasteiger partial charge < -0.3 is 10.2 Å². The van der Waals surface area contributed by atoms with Gasteiger partial charge in [0.05, 0.1) is 12.0 Å². The summed E-state index contributed by atoms with van der Waals surface area (Å²) in [6.07, 6.45) is -3.23. The van der Waals surface area contributed by atoms with Crippen LogP contribution in [0, 0.1) is 6.92 Å². The molecule has 0 aliphatic carbocycles. The van der Waals surface area contributed by atoms with Gasteiger partial charge >= 0.3 is 6.18 Å². The topological polar surface area (TPSA) is 49.4 Å². The molecular weight excluding hydrogens is 357 g/mol. The maximum Gasteiger partial charge on any atom is 0.416 e. The first-order valence-corrected chi connectivity index (χ1v) is 8.61. The molecule has 0 bridgehead atoms. The second-order valence-electron chi connectivity index (χ2n) is 6.57. The number of halogens is 3. The monoisotopic (exact) mass is 376 g/mol. The molecule has 2 amide bonds. The van der Waals surface area contributed by atoms with Crippen molar-refractivity contribution in [2.45, 2.75) is 32.4 Å². The molecule has 2 aromatic rings. The van der Waals surface area contributed by atoms with Crippen LogP contribution in [-0.4, -0.2) is 18.4 Å². The molecule has 0 aromatic heterocycles. The van der Waals surface area contributed by atoms with Crippen molar-refractivity contribution in [3.8, 4) is 0 Å². The number of anilines is 2. The molecule has 1 saturated heterocycles. The Labute approximate surface area is 155 Å². The van der Waals surface area contributed by atoms with Crippen molar-refractivity contribution < 1.29 is 22.8 Å². The zero-order chi connectivity index (χ0) is 19.6. The predicted molar refractivity (Wildman–Crippen MR) is 96.5 cm³/mol. The van der Waals surface area contributed by atoms with Gasteiger partial charge in [0.2, 0.25) is 11.8 Å². The van der Waals surface area contributed by atoms with Crippen molar-refractivity contribution in [2.24, 2.45) is 0 Å². The number of aryl methyl sites for hydroxylation is 1. The number of hydrogen-bond acceptors (Lipinski definition) is 2. The van der Waals surface area contributed by atoms with E-state index in [1.807, 2.05) is 6.92 Å². The van der Waals surface area contributed by atoms with Gasteiger partial charge in [0.25, 0.3) is 0 Å². The van der Waals surface area contributed by atoms with Gasteiger partial charge in [-0.15, -0.1) is 0 Å². The summed E-state index contributed by atoms with van der Waals surface area (Å²) in [5.74, 6) is -0.321. The van der Waals surface area contributed by atoms with Gasteiger partial charge in [0.15, 0.2) is 0 Å². The summed E-state index contributed by atoms with van der Waals surface area (Å²) in [5.41, 5.74) is 1.72. The number of amides is 2. The summed E-state index contributed by atoms with van der Waals surface area (Å²) in [7, 11) is 0. The van der Waals surface area contributed by atoms with Crippen molar-refractivity contribution >= 4 is 23.2 Å². The van der Waals surface area contributed by atoms with E-state index in [2.05, 4.69) is 5.32 Å². The number of carbonyl (C=O) groups is 2. The van der Waals surface area contributed by atoms with Crippen LogP contribution in [0.15, 0.2) is 42.5 Å². The molecule has 1 aliphatic rings. The van der Waals surface area contributed by atoms with Gasteiger partial charge in [-0.25, -0.2) is 0 Å². The van der Waals surface area contributed by atoms with Gasteiger partial charge in [-0.3, -0.25) is 9.59 Å². The van der Waals surface area contributed by atoms with Crippen molar-refractivity contribution in [2.75, 3.05) is 16.8 Å². The van der Waals surface area contributed by atoms with Gasteiger partial charge in [-0.05, 0) is 48.7 Å². The van der Waals surface area contributed by atoms with E-state index in [9.17, 15) is 22.8 Å². The largest absolute Gasteiger partial charge is 0.416 e. The van der Waals surface area contributed by atoms with E-state index in [0.29, 0.717) is 24.2 Å². The predicted octanol–water partition coefficient (Wildman–Crippen LogP) is 4.32. The van der Waals surface area contributed by atoms with Crippen molar-refractivity contribution in [1.29, 1.82) is 0 Å². The second kappa shape index (κ2) is 7.42. The number of rotatable bonds is 4. The molecule has 0 unspecified atom stereocenters. The van der Waals surface area contributed by atoms with Gasteiger partial charge in [-0.2, -0.15) is 13.2 Å². The lowest BCUT2D eigenvalue weighted by Crippen LogP contribution is -2.24. The van der Waals surface area contributed by atoms with E-state index >= 15 is 0 Å². The molecule has 142 valence electrons. The zero-order valence-corrected chi connectivity index (χ0v) is 14.8. The first-order valence-electron chi connectivity index (χ1n) is 8.61. The molecule has 1 aliphatic heterocycles. The molecule has 0 radical (unpaired) electrons. The lowest BCUT2D eigenvalue weighted by atomic mass is 10.1. The van der Waals surface area contributed by atoms with Crippen LogP contribution in [0.2, 0.25) is 0 Å². The van der Waals surface area contributed by atoms with Crippen LogP contribution in [0.5, 0.6) is 0 Å². The van der Waals surface area contributed by atoms with Crippen LogP contribution in [0.3, 0.4) is 0 Å². The van der Waals surface area contributed by atoms with Crippen LogP contribution in [0.25, 0.3) is 0 Å². The van der Waals surface area contributed by atoms with Crippen LogP contribution in [0.1, 0.15) is 29.5 Å². The number of benzene rings is 2. The van der Waals surface area contributed by atoms with E-state index in [1.54, 1.807) is 23.1 Å². The Balaban J connectivity index is 1.68. The van der Waals surface area contributed by atoms with Crippen LogP contribution in [-0.2, 0) is 22.2 Å². The molecule has 4 nitrogen and oxygen atoms in total. The number of hydrogen-bond donors (Lipinski definition) is 1. The summed E-state index contributed by atoms with van der Waals surface area (Å²) in [6.45, 7) is 2.53. The standard InChI is InChI=1S/C20H19F3N2O2/c1-13-10-16(7-8-17(13)25-9-3-6-19(25)27)24-18(26)12-14-4-2-5-15(11-14)20(21,22)23/h2,4-5,7-8,10-11H,3,6,9,12H2,1H3,(H,24,26). The third-order valence-corrected chi connectivity index (χ3v) is 4.46. The molecule has 1 fully saturated rings. The highest BCUT2D eigenvalue weighted by Gasteiger charge is 2.30. The Hall–Kier alpha value is -2.83. The quantitative estimate of drug-likeness (QED) is 0.864. The Morgan fingerprint density at radius 1 is 1.19 bits per heavy atom. The molecule has 7 heteroatoms. The molecule has 2 aromatic carbocycles. The molecule has 0 atom stereocenters. The highest BCUT2D eigenvalue weighted by atomic mass is 19.4. The highest BCUT2D eigenvalue weighted by molar-refractivity contribution is 5.97. The fourth-order valence-corrected chi connectivity index (χ4v) is 3.19. The van der Waals surface area contributed by atoms with Crippen molar-refractivity contribution in [1.82, 2.24) is 0 Å². The lowest BCUT2D eigenvalue weighted by Gasteiger charge is -2.19. The Kier molecular flexibility index (Phi) is 5.21. The van der Waals surface area contributed by atoms with E-state index in [-0.39, 0.29) is 12.3 Å². The number of nitrogens with zero attached hydrogens (tertiary/aromatic N) is 1. The van der Waals surface area contributed by atoms with Crippen LogP contribution >= 0.6 is 0 Å². The summed E-state index contributed by atoms with van der Waals surface area (Å²) < 4.78 is 38.3. The normalized spacial score (nSPS) is 14.5. The minimum absolute atomic E-state index is 0.0828. The van der Waals surface area contributed by atoms with Gasteiger partial charge in [0.1, 0.15) is 0 Å². The summed E-state index contributed by atoms with van der Waals surface area (Å²) >= 11 is 0. The molecule has 1 N–H and O–H groups in total. The molecule has 0 saturated carbocycles. The van der Waals surface area contributed by atoms with E-state index in [4.69, 9.17) is 0 Å². The molecule has 0 spiro atoms. The zero-order valence-electron chi connectivity index (χ0n) is 14.8. The number of alkyl halides is 3.